The van der Waals surface area contributed by atoms with Crippen molar-refractivity contribution >= 4 is 34.2 Å². The molecule has 2 aliphatic carbocycles. The molecular weight excluding hydrogens is 692 g/mol. The van der Waals surface area contributed by atoms with Crippen molar-refractivity contribution in [2.24, 2.45) is 10.8 Å². The monoisotopic (exact) mass is 733 g/mol. The Balaban J connectivity index is 1.51. The first-order chi connectivity index (χ1) is 21.9. The van der Waals surface area contributed by atoms with Gasteiger partial charge < -0.3 is 14.4 Å². The van der Waals surface area contributed by atoms with Gasteiger partial charge >= 0.3 is 0 Å². The van der Waals surface area contributed by atoms with Gasteiger partial charge in [-0.1, -0.05) is 70.2 Å². The van der Waals surface area contributed by atoms with Crippen LogP contribution in [0.1, 0.15) is 82.9 Å². The first-order valence-electron chi connectivity index (χ1n) is 16.0. The molecule has 0 fully saturated rings. The van der Waals surface area contributed by atoms with Crippen LogP contribution in [-0.4, -0.2) is 23.1 Å². The van der Waals surface area contributed by atoms with Crippen LogP contribution in [0, 0.1) is 20.2 Å². The lowest BCUT2D eigenvalue weighted by molar-refractivity contribution is -0.119. The van der Waals surface area contributed by atoms with Crippen LogP contribution < -0.4 is 9.47 Å². The molecule has 240 valence electrons. The van der Waals surface area contributed by atoms with Gasteiger partial charge in [0, 0.05) is 47.8 Å². The number of hydrogen-bond acceptors (Lipinski definition) is 5. The van der Waals surface area contributed by atoms with Crippen LogP contribution in [0.15, 0.2) is 89.3 Å². The number of carbonyl (C=O) groups excluding carboxylic acids is 2. The molecule has 0 spiro atoms. The zero-order chi connectivity index (χ0) is 32.8. The van der Waals surface area contributed by atoms with E-state index in [1.165, 1.54) is 12.1 Å². The molecule has 46 heavy (non-hydrogen) atoms. The molecule has 0 radical (unpaired) electrons. The van der Waals surface area contributed by atoms with E-state index in [1.807, 2.05) is 43.3 Å². The third-order valence-corrected chi connectivity index (χ3v) is 9.94. The van der Waals surface area contributed by atoms with Crippen molar-refractivity contribution in [3.63, 3.8) is 0 Å². The zero-order valence-corrected chi connectivity index (χ0v) is 29.4. The van der Waals surface area contributed by atoms with E-state index in [1.54, 1.807) is 6.07 Å². The summed E-state index contributed by atoms with van der Waals surface area (Å²) in [7, 11) is 0. The second-order valence-electron chi connectivity index (χ2n) is 14.3. The zero-order valence-electron chi connectivity index (χ0n) is 27.2. The molecule has 0 saturated heterocycles. The van der Waals surface area contributed by atoms with Gasteiger partial charge in [-0.3, -0.25) is 9.59 Å². The van der Waals surface area contributed by atoms with Gasteiger partial charge in [0.2, 0.25) is 0 Å². The number of nitrogens with zero attached hydrogens (tertiary/aromatic N) is 1. The van der Waals surface area contributed by atoms with E-state index in [0.717, 1.165) is 50.1 Å². The van der Waals surface area contributed by atoms with E-state index < -0.39 is 5.92 Å². The van der Waals surface area contributed by atoms with Crippen molar-refractivity contribution < 1.29 is 23.5 Å². The fraction of sp³-hybridized carbons (Fsp3) is 0.385. The van der Waals surface area contributed by atoms with Crippen LogP contribution in [0.4, 0.5) is 4.39 Å². The molecule has 0 amide bonds. The summed E-state index contributed by atoms with van der Waals surface area (Å²) >= 11 is 2.24. The molecule has 0 bridgehead atoms. The smallest absolute Gasteiger partial charge is 0.174 e. The molecule has 0 unspecified atom stereocenters. The fourth-order valence-electron chi connectivity index (χ4n) is 7.28. The number of rotatable bonds is 8. The lowest BCUT2D eigenvalue weighted by atomic mass is 9.63. The van der Waals surface area contributed by atoms with Gasteiger partial charge in [0.05, 0.1) is 10.2 Å². The summed E-state index contributed by atoms with van der Waals surface area (Å²) in [5, 5.41) is 0. The lowest BCUT2D eigenvalue weighted by Gasteiger charge is -2.49. The van der Waals surface area contributed by atoms with Gasteiger partial charge in [0.1, 0.15) is 12.4 Å². The summed E-state index contributed by atoms with van der Waals surface area (Å²) in [4.78, 5) is 30.9. The van der Waals surface area contributed by atoms with Gasteiger partial charge in [-0.25, -0.2) is 4.39 Å². The fourth-order valence-corrected chi connectivity index (χ4v) is 8.06. The molecule has 1 heterocycles. The second kappa shape index (κ2) is 12.6. The summed E-state index contributed by atoms with van der Waals surface area (Å²) in [6.45, 7) is 11.7. The van der Waals surface area contributed by atoms with Crippen molar-refractivity contribution in [2.45, 2.75) is 79.4 Å². The van der Waals surface area contributed by atoms with Crippen LogP contribution in [-0.2, 0) is 22.7 Å². The van der Waals surface area contributed by atoms with Crippen molar-refractivity contribution in [1.82, 2.24) is 4.90 Å². The minimum atomic E-state index is -0.491. The van der Waals surface area contributed by atoms with Gasteiger partial charge in [-0.15, -0.1) is 0 Å². The van der Waals surface area contributed by atoms with E-state index in [9.17, 15) is 14.0 Å². The number of carbonyl (C=O) groups is 2. The highest BCUT2D eigenvalue weighted by Crippen LogP contribution is 2.55. The molecular formula is C39H41FINO4. The Kier molecular flexibility index (Phi) is 8.91. The highest BCUT2D eigenvalue weighted by atomic mass is 127. The maximum atomic E-state index is 14.3. The molecule has 5 nitrogen and oxygen atoms in total. The first kappa shape index (κ1) is 32.5. The SMILES string of the molecule is CCOc1cc(C2C3=C(CC(C)(C)CC3=O)N(Cc3ccccc3)C3=C2C(=O)CC(C)(C)C3)cc(I)c1OCc1cccc(F)c1. The van der Waals surface area contributed by atoms with Crippen LogP contribution in [0.25, 0.3) is 0 Å². The molecule has 0 aromatic heterocycles. The van der Waals surface area contributed by atoms with E-state index in [-0.39, 0.29) is 34.8 Å². The summed E-state index contributed by atoms with van der Waals surface area (Å²) in [6, 6.07) is 20.6. The standard InChI is InChI=1S/C39H41FINO4/c1-6-45-33-17-26(16-28(41)37(33)46-23-25-13-10-14-27(40)15-25)34-35-29(18-38(2,3)20-31(35)43)42(22-24-11-8-7-9-12-24)30-19-39(4,5)21-32(44)36(30)34/h7-17,34H,6,18-23H2,1-5H3. The summed E-state index contributed by atoms with van der Waals surface area (Å²) in [5.74, 6) is 0.491. The van der Waals surface area contributed by atoms with Gasteiger partial charge in [-0.2, -0.15) is 0 Å². The minimum Gasteiger partial charge on any atom is -0.490 e. The van der Waals surface area contributed by atoms with Gasteiger partial charge in [0.15, 0.2) is 23.1 Å². The Morgan fingerprint density at radius 3 is 2.00 bits per heavy atom. The number of ether oxygens (including phenoxy) is 2. The Morgan fingerprint density at radius 1 is 0.804 bits per heavy atom. The van der Waals surface area contributed by atoms with Gasteiger partial charge in [-0.05, 0) is 94.1 Å². The third-order valence-electron chi connectivity index (χ3n) is 9.14. The number of ketones is 2. The lowest BCUT2D eigenvalue weighted by Crippen LogP contribution is -2.44. The average molecular weight is 734 g/mol. The molecule has 0 atom stereocenters. The van der Waals surface area contributed by atoms with E-state index in [0.29, 0.717) is 43.1 Å². The number of hydrogen-bond donors (Lipinski definition) is 0. The van der Waals surface area contributed by atoms with Crippen molar-refractivity contribution in [1.29, 1.82) is 0 Å². The quantitative estimate of drug-likeness (QED) is 0.216. The highest BCUT2D eigenvalue weighted by Gasteiger charge is 2.49. The maximum absolute atomic E-state index is 14.3. The van der Waals surface area contributed by atoms with Crippen molar-refractivity contribution in [3.8, 4) is 11.5 Å². The van der Waals surface area contributed by atoms with E-state index in [4.69, 9.17) is 9.47 Å². The van der Waals surface area contributed by atoms with Gasteiger partial charge in [0.25, 0.3) is 0 Å². The number of halogens is 2. The molecule has 3 aromatic rings. The van der Waals surface area contributed by atoms with Crippen LogP contribution >= 0.6 is 22.6 Å². The Bertz CT molecular complexity index is 1700. The van der Waals surface area contributed by atoms with Crippen molar-refractivity contribution in [2.75, 3.05) is 6.61 Å². The number of benzene rings is 3. The molecule has 0 saturated carbocycles. The van der Waals surface area contributed by atoms with Crippen LogP contribution in [0.2, 0.25) is 0 Å². The maximum Gasteiger partial charge on any atom is 0.174 e. The summed E-state index contributed by atoms with van der Waals surface area (Å²) in [5.41, 5.74) is 5.80. The van der Waals surface area contributed by atoms with E-state index >= 15 is 0 Å². The van der Waals surface area contributed by atoms with Crippen LogP contribution in [0.3, 0.4) is 0 Å². The molecule has 3 aliphatic rings. The summed E-state index contributed by atoms with van der Waals surface area (Å²) < 4.78 is 27.0. The Hall–Kier alpha value is -3.46. The predicted octanol–water partition coefficient (Wildman–Crippen LogP) is 9.29. The first-order valence-corrected chi connectivity index (χ1v) is 17.1. The second-order valence-corrected chi connectivity index (χ2v) is 15.5. The molecule has 0 N–H and O–H groups in total. The molecule has 3 aromatic carbocycles. The van der Waals surface area contributed by atoms with Crippen LogP contribution in [0.5, 0.6) is 11.5 Å². The third kappa shape index (κ3) is 6.53. The van der Waals surface area contributed by atoms with E-state index in [2.05, 4.69) is 67.3 Å². The predicted molar refractivity (Wildman–Crippen MR) is 186 cm³/mol. The molecule has 7 heteroatoms. The highest BCUT2D eigenvalue weighted by molar-refractivity contribution is 14.1. The minimum absolute atomic E-state index is 0.0953. The Labute approximate surface area is 285 Å². The number of Topliss-reactive ketones (excluding diaryl/α,β-unsaturated/α-hetero) is 2. The molecule has 6 rings (SSSR count). The Morgan fingerprint density at radius 2 is 1.41 bits per heavy atom. The van der Waals surface area contributed by atoms with Crippen molar-refractivity contribution in [3.05, 3.63) is 115 Å². The topological polar surface area (TPSA) is 55.8 Å². The number of allylic oxidation sites excluding steroid dienone is 4. The summed E-state index contributed by atoms with van der Waals surface area (Å²) in [6.07, 6.45) is 2.34. The largest absolute Gasteiger partial charge is 0.490 e. The molecule has 1 aliphatic heterocycles. The average Bonchev–Trinajstić information content (AvgIpc) is 2.97. The normalized spacial score (nSPS) is 19.2.